The molecule has 0 radical (unpaired) electrons. The molecule has 0 N–H and O–H groups in total. The standard InChI is InChI=1S/C11H8BrF6NO3/c1-2-21-9(20)5-3-6(10(13,14)15)8(19-7(5)4-12)22-11(16,17)18/h3H,2,4H2,1H3. The number of rotatable bonds is 4. The number of carbonyl (C=O) groups excluding carboxylic acids is 1. The first-order chi connectivity index (χ1) is 9.99. The third-order valence-electron chi connectivity index (χ3n) is 2.21. The van der Waals surface area contributed by atoms with Gasteiger partial charge in [-0.3, -0.25) is 0 Å². The van der Waals surface area contributed by atoms with Crippen molar-refractivity contribution in [3.8, 4) is 5.88 Å². The molecular formula is C11H8BrF6NO3. The number of hydrogen-bond donors (Lipinski definition) is 0. The summed E-state index contributed by atoms with van der Waals surface area (Å²) in [4.78, 5) is 14.7. The Morgan fingerprint density at radius 3 is 2.27 bits per heavy atom. The van der Waals surface area contributed by atoms with Gasteiger partial charge in [0.25, 0.3) is 0 Å². The number of pyridine rings is 1. The van der Waals surface area contributed by atoms with Gasteiger partial charge in [-0.2, -0.15) is 13.2 Å². The van der Waals surface area contributed by atoms with Gasteiger partial charge in [-0.1, -0.05) is 15.9 Å². The van der Waals surface area contributed by atoms with Gasteiger partial charge in [0.1, 0.15) is 5.56 Å². The summed E-state index contributed by atoms with van der Waals surface area (Å²) >= 11 is 2.83. The van der Waals surface area contributed by atoms with Crippen LogP contribution in [0.2, 0.25) is 0 Å². The average molecular weight is 396 g/mol. The maximum atomic E-state index is 12.8. The van der Waals surface area contributed by atoms with Gasteiger partial charge in [0.05, 0.1) is 17.9 Å². The molecule has 1 rings (SSSR count). The smallest absolute Gasteiger partial charge is 0.462 e. The van der Waals surface area contributed by atoms with Gasteiger partial charge in [0.15, 0.2) is 0 Å². The van der Waals surface area contributed by atoms with Crippen LogP contribution >= 0.6 is 15.9 Å². The number of ether oxygens (including phenoxy) is 2. The molecule has 22 heavy (non-hydrogen) atoms. The highest BCUT2D eigenvalue weighted by Gasteiger charge is 2.41. The van der Waals surface area contributed by atoms with Crippen LogP contribution in [0.15, 0.2) is 6.07 Å². The molecule has 0 fully saturated rings. The van der Waals surface area contributed by atoms with Crippen LogP contribution in [0.1, 0.15) is 28.5 Å². The van der Waals surface area contributed by atoms with Crippen molar-refractivity contribution in [3.63, 3.8) is 0 Å². The first kappa shape index (κ1) is 18.5. The van der Waals surface area contributed by atoms with E-state index in [1.165, 1.54) is 6.92 Å². The van der Waals surface area contributed by atoms with Gasteiger partial charge in [-0.05, 0) is 13.0 Å². The highest BCUT2D eigenvalue weighted by atomic mass is 79.9. The van der Waals surface area contributed by atoms with E-state index in [0.29, 0.717) is 0 Å². The van der Waals surface area contributed by atoms with Gasteiger partial charge in [-0.25, -0.2) is 9.78 Å². The molecule has 4 nitrogen and oxygen atoms in total. The fourth-order valence-corrected chi connectivity index (χ4v) is 1.84. The zero-order valence-corrected chi connectivity index (χ0v) is 12.4. The number of aromatic nitrogens is 1. The Labute approximate surface area is 128 Å². The number of hydrogen-bond acceptors (Lipinski definition) is 4. The predicted octanol–water partition coefficient (Wildman–Crippen LogP) is 4.07. The number of alkyl halides is 7. The normalized spacial score (nSPS) is 12.2. The summed E-state index contributed by atoms with van der Waals surface area (Å²) in [6.45, 7) is 1.30. The molecule has 1 heterocycles. The average Bonchev–Trinajstić information content (AvgIpc) is 2.35. The van der Waals surface area contributed by atoms with Crippen LogP contribution in [0.5, 0.6) is 5.88 Å². The Kier molecular flexibility index (Phi) is 5.65. The van der Waals surface area contributed by atoms with E-state index in [1.807, 2.05) is 0 Å². The van der Waals surface area contributed by atoms with Gasteiger partial charge in [0.2, 0.25) is 5.88 Å². The SMILES string of the molecule is CCOC(=O)c1cc(C(F)(F)F)c(OC(F)(F)F)nc1CBr. The van der Waals surface area contributed by atoms with E-state index in [2.05, 4.69) is 30.4 Å². The molecule has 0 bridgehead atoms. The fraction of sp³-hybridized carbons (Fsp3) is 0.455. The van der Waals surface area contributed by atoms with Crippen LogP contribution in [0.4, 0.5) is 26.3 Å². The van der Waals surface area contributed by atoms with E-state index in [-0.39, 0.29) is 23.7 Å². The molecule has 0 aliphatic carbocycles. The summed E-state index contributed by atoms with van der Waals surface area (Å²) in [5.74, 6) is -2.81. The molecule has 0 unspecified atom stereocenters. The highest BCUT2D eigenvalue weighted by molar-refractivity contribution is 9.08. The number of nitrogens with zero attached hydrogens (tertiary/aromatic N) is 1. The van der Waals surface area contributed by atoms with E-state index < -0.39 is 35.5 Å². The van der Waals surface area contributed by atoms with Crippen molar-refractivity contribution in [2.45, 2.75) is 24.8 Å². The van der Waals surface area contributed by atoms with Gasteiger partial charge < -0.3 is 9.47 Å². The van der Waals surface area contributed by atoms with Crippen LogP contribution in [0.3, 0.4) is 0 Å². The summed E-state index contributed by atoms with van der Waals surface area (Å²) in [5.41, 5.74) is -2.79. The van der Waals surface area contributed by atoms with Crippen LogP contribution < -0.4 is 4.74 Å². The minimum absolute atomic E-state index is 0.122. The first-order valence-corrected chi connectivity index (χ1v) is 6.71. The van der Waals surface area contributed by atoms with Crippen LogP contribution in [0, 0.1) is 0 Å². The van der Waals surface area contributed by atoms with Gasteiger partial charge >= 0.3 is 18.5 Å². The third kappa shape index (κ3) is 4.75. The van der Waals surface area contributed by atoms with Gasteiger partial charge in [-0.15, -0.1) is 13.2 Å². The quantitative estimate of drug-likeness (QED) is 0.438. The molecule has 1 aromatic heterocycles. The lowest BCUT2D eigenvalue weighted by atomic mass is 10.1. The zero-order chi connectivity index (χ0) is 17.1. The summed E-state index contributed by atoms with van der Waals surface area (Å²) in [7, 11) is 0. The topological polar surface area (TPSA) is 48.4 Å². The second-order valence-electron chi connectivity index (χ2n) is 3.74. The van der Waals surface area contributed by atoms with Crippen LogP contribution in [-0.2, 0) is 16.2 Å². The largest absolute Gasteiger partial charge is 0.574 e. The van der Waals surface area contributed by atoms with Crippen molar-refractivity contribution in [1.29, 1.82) is 0 Å². The molecule has 11 heteroatoms. The van der Waals surface area contributed by atoms with E-state index in [9.17, 15) is 31.1 Å². The Hall–Kier alpha value is -1.52. The molecular weight excluding hydrogens is 388 g/mol. The molecule has 1 aromatic rings. The van der Waals surface area contributed by atoms with E-state index >= 15 is 0 Å². The molecule has 0 aliphatic heterocycles. The number of halogens is 7. The van der Waals surface area contributed by atoms with Crippen molar-refractivity contribution in [2.75, 3.05) is 6.61 Å². The van der Waals surface area contributed by atoms with Crippen molar-refractivity contribution in [1.82, 2.24) is 4.98 Å². The Morgan fingerprint density at radius 1 is 1.27 bits per heavy atom. The molecule has 0 spiro atoms. The summed E-state index contributed by atoms with van der Waals surface area (Å²) < 4.78 is 82.9. The lowest BCUT2D eigenvalue weighted by Gasteiger charge is -2.17. The predicted molar refractivity (Wildman–Crippen MR) is 64.5 cm³/mol. The minimum atomic E-state index is -5.36. The lowest BCUT2D eigenvalue weighted by Crippen LogP contribution is -2.23. The van der Waals surface area contributed by atoms with E-state index in [1.54, 1.807) is 0 Å². The molecule has 0 saturated carbocycles. The second-order valence-corrected chi connectivity index (χ2v) is 4.30. The third-order valence-corrected chi connectivity index (χ3v) is 2.74. The minimum Gasteiger partial charge on any atom is -0.462 e. The maximum Gasteiger partial charge on any atom is 0.574 e. The van der Waals surface area contributed by atoms with Crippen molar-refractivity contribution in [3.05, 3.63) is 22.9 Å². The summed E-state index contributed by atoms with van der Waals surface area (Å²) in [6, 6.07) is 0.225. The lowest BCUT2D eigenvalue weighted by molar-refractivity contribution is -0.277. The van der Waals surface area contributed by atoms with Crippen molar-refractivity contribution in [2.24, 2.45) is 0 Å². The highest BCUT2D eigenvalue weighted by Crippen LogP contribution is 2.38. The Bertz CT molecular complexity index is 558. The summed E-state index contributed by atoms with van der Waals surface area (Å²) in [6.07, 6.45) is -10.6. The van der Waals surface area contributed by atoms with Gasteiger partial charge in [0, 0.05) is 5.33 Å². The van der Waals surface area contributed by atoms with Crippen LogP contribution in [0.25, 0.3) is 0 Å². The van der Waals surface area contributed by atoms with E-state index in [0.717, 1.165) is 0 Å². The number of esters is 1. The molecule has 0 aromatic carbocycles. The van der Waals surface area contributed by atoms with Crippen molar-refractivity contribution >= 4 is 21.9 Å². The fourth-order valence-electron chi connectivity index (χ4n) is 1.41. The second kappa shape index (κ2) is 6.71. The maximum absolute atomic E-state index is 12.8. The molecule has 0 amide bonds. The van der Waals surface area contributed by atoms with E-state index in [4.69, 9.17) is 0 Å². The Balaban J connectivity index is 3.49. The Morgan fingerprint density at radius 2 is 1.86 bits per heavy atom. The van der Waals surface area contributed by atoms with Crippen LogP contribution in [-0.4, -0.2) is 23.9 Å². The molecule has 0 atom stereocenters. The summed E-state index contributed by atoms with van der Waals surface area (Å²) in [5, 5.41) is -0.270. The zero-order valence-electron chi connectivity index (χ0n) is 10.8. The number of carbonyl (C=O) groups is 1. The first-order valence-electron chi connectivity index (χ1n) is 5.59. The van der Waals surface area contributed by atoms with Crippen molar-refractivity contribution < 1.29 is 40.6 Å². The molecule has 124 valence electrons. The monoisotopic (exact) mass is 395 g/mol. The molecule has 0 aliphatic rings. The molecule has 0 saturated heterocycles.